The van der Waals surface area contributed by atoms with Crippen molar-refractivity contribution in [1.29, 1.82) is 0 Å². The van der Waals surface area contributed by atoms with E-state index in [0.717, 1.165) is 22.9 Å². The lowest BCUT2D eigenvalue weighted by molar-refractivity contribution is -0.167. The van der Waals surface area contributed by atoms with E-state index in [1.165, 1.54) is 34.5 Å². The molecule has 2 heterocycles. The Morgan fingerprint density at radius 2 is 1.74 bits per heavy atom. The number of methoxy groups -OCH3 is 1. The van der Waals surface area contributed by atoms with E-state index in [1.807, 2.05) is 24.3 Å². The largest absolute Gasteiger partial charge is 0.495 e. The number of ether oxygens (including phenoxy) is 1. The number of benzene rings is 2. The SMILES string of the molecule is COc1ccc(Cl)cc1S(=O)(=O)N1CC(NC(=O)NC(C)(C)C)C(=O)N2C(Cc3ccc(Br)cc3)C(=O)N(C3CC3)CC21. The smallest absolute Gasteiger partial charge is 0.315 e. The maximum Gasteiger partial charge on any atom is 0.315 e. The van der Waals surface area contributed by atoms with E-state index >= 15 is 0 Å². The number of nitrogens with one attached hydrogen (secondary N) is 2. The summed E-state index contributed by atoms with van der Waals surface area (Å²) >= 11 is 9.66. The Labute approximate surface area is 265 Å². The van der Waals surface area contributed by atoms with Gasteiger partial charge in [0, 0.05) is 34.0 Å². The first-order chi connectivity index (χ1) is 20.2. The molecule has 14 heteroatoms. The zero-order valence-corrected chi connectivity index (χ0v) is 27.5. The van der Waals surface area contributed by atoms with Gasteiger partial charge >= 0.3 is 6.03 Å². The molecule has 2 aromatic carbocycles. The molecule has 3 unspecified atom stereocenters. The number of halogens is 2. The second-order valence-electron chi connectivity index (χ2n) is 12.1. The number of carbonyl (C=O) groups excluding carboxylic acids is 3. The van der Waals surface area contributed by atoms with Crippen molar-refractivity contribution in [3.05, 3.63) is 57.5 Å². The Morgan fingerprint density at radius 1 is 1.07 bits per heavy atom. The zero-order valence-electron chi connectivity index (χ0n) is 24.3. The Hall–Kier alpha value is -2.87. The number of rotatable bonds is 7. The molecule has 1 aliphatic carbocycles. The molecule has 4 amide bonds. The van der Waals surface area contributed by atoms with Crippen LogP contribution < -0.4 is 15.4 Å². The molecule has 43 heavy (non-hydrogen) atoms. The summed E-state index contributed by atoms with van der Waals surface area (Å²) in [4.78, 5) is 44.0. The third-order valence-electron chi connectivity index (χ3n) is 7.67. The summed E-state index contributed by atoms with van der Waals surface area (Å²) in [5.41, 5.74) is 0.192. The number of carbonyl (C=O) groups is 3. The van der Waals surface area contributed by atoms with Gasteiger partial charge in [-0.15, -0.1) is 0 Å². The molecule has 232 valence electrons. The minimum Gasteiger partial charge on any atom is -0.495 e. The standard InChI is InChI=1S/C29H35BrClN5O6S/c1-29(2,3)33-28(39)32-21-15-35(43(40,41)24-14-19(31)9-12-23(24)42-4)25-16-34(20-10-11-20)27(38)22(36(25)26(21)37)13-17-5-7-18(30)8-6-17/h5-9,12,14,20-22,25H,10-11,13,15-16H2,1-4H3,(H2,32,33,39). The lowest BCUT2D eigenvalue weighted by Gasteiger charge is -2.53. The fraction of sp³-hybridized carbons (Fsp3) is 0.483. The molecule has 2 saturated heterocycles. The molecule has 5 rings (SSSR count). The van der Waals surface area contributed by atoms with Gasteiger partial charge < -0.3 is 25.2 Å². The minimum absolute atomic E-state index is 0.00902. The van der Waals surface area contributed by atoms with E-state index in [0.29, 0.717) is 0 Å². The molecule has 2 N–H and O–H groups in total. The van der Waals surface area contributed by atoms with Crippen molar-refractivity contribution in [2.24, 2.45) is 0 Å². The fourth-order valence-electron chi connectivity index (χ4n) is 5.59. The predicted molar refractivity (Wildman–Crippen MR) is 164 cm³/mol. The van der Waals surface area contributed by atoms with E-state index in [2.05, 4.69) is 26.6 Å². The third kappa shape index (κ3) is 6.64. The number of hydrogen-bond donors (Lipinski definition) is 2. The van der Waals surface area contributed by atoms with Crippen molar-refractivity contribution in [3.63, 3.8) is 0 Å². The molecular formula is C29H35BrClN5O6S. The van der Waals surface area contributed by atoms with E-state index in [4.69, 9.17) is 16.3 Å². The van der Waals surface area contributed by atoms with Crippen molar-refractivity contribution in [3.8, 4) is 5.75 Å². The van der Waals surface area contributed by atoms with Crippen LogP contribution in [0.25, 0.3) is 0 Å². The zero-order chi connectivity index (χ0) is 31.3. The molecule has 3 aliphatic rings. The number of piperazine rings is 1. The summed E-state index contributed by atoms with van der Waals surface area (Å²) in [6.07, 6.45) is 0.781. The van der Waals surface area contributed by atoms with Gasteiger partial charge in [0.1, 0.15) is 28.9 Å². The molecule has 2 aromatic rings. The maximum absolute atomic E-state index is 14.4. The van der Waals surface area contributed by atoms with Crippen molar-refractivity contribution < 1.29 is 27.5 Å². The Morgan fingerprint density at radius 3 is 2.35 bits per heavy atom. The normalized spacial score (nSPS) is 23.2. The number of hydrogen-bond acceptors (Lipinski definition) is 6. The van der Waals surface area contributed by atoms with E-state index in [1.54, 1.807) is 25.7 Å². The van der Waals surface area contributed by atoms with E-state index in [-0.39, 0.29) is 47.1 Å². The van der Waals surface area contributed by atoms with Crippen LogP contribution in [0.3, 0.4) is 0 Å². The monoisotopic (exact) mass is 695 g/mol. The number of amides is 4. The van der Waals surface area contributed by atoms with Gasteiger partial charge in [0.2, 0.25) is 21.8 Å². The average Bonchev–Trinajstić information content (AvgIpc) is 3.77. The molecule has 0 spiro atoms. The van der Waals surface area contributed by atoms with Crippen molar-refractivity contribution >= 4 is 55.4 Å². The minimum atomic E-state index is -4.36. The summed E-state index contributed by atoms with van der Waals surface area (Å²) in [6, 6.07) is 8.81. The first kappa shape index (κ1) is 31.6. The first-order valence-electron chi connectivity index (χ1n) is 14.0. The summed E-state index contributed by atoms with van der Waals surface area (Å²) in [7, 11) is -3.00. The average molecular weight is 697 g/mol. The number of nitrogens with zero attached hydrogens (tertiary/aromatic N) is 3. The maximum atomic E-state index is 14.4. The van der Waals surface area contributed by atoms with Crippen LogP contribution in [0.1, 0.15) is 39.2 Å². The van der Waals surface area contributed by atoms with E-state index in [9.17, 15) is 22.8 Å². The van der Waals surface area contributed by atoms with Gasteiger partial charge in [0.15, 0.2) is 0 Å². The van der Waals surface area contributed by atoms with Crippen molar-refractivity contribution in [1.82, 2.24) is 24.7 Å². The topological polar surface area (TPSA) is 128 Å². The first-order valence-corrected chi connectivity index (χ1v) is 16.6. The molecular weight excluding hydrogens is 662 g/mol. The Balaban J connectivity index is 1.60. The molecule has 0 radical (unpaired) electrons. The summed E-state index contributed by atoms with van der Waals surface area (Å²) in [5, 5.41) is 5.62. The molecule has 0 aromatic heterocycles. The number of fused-ring (bicyclic) bond motifs is 1. The van der Waals surface area contributed by atoms with Gasteiger partial charge in [-0.2, -0.15) is 4.31 Å². The number of sulfonamides is 1. The van der Waals surface area contributed by atoms with Gasteiger partial charge in [0.25, 0.3) is 0 Å². The van der Waals surface area contributed by atoms with Crippen molar-refractivity contribution in [2.75, 3.05) is 20.2 Å². The Kier molecular flexibility index (Phi) is 8.73. The van der Waals surface area contributed by atoms with Crippen LogP contribution in [0, 0.1) is 0 Å². The van der Waals surface area contributed by atoms with Crippen LogP contribution in [0.15, 0.2) is 51.8 Å². The Bertz CT molecular complexity index is 1530. The van der Waals surface area contributed by atoms with Crippen LogP contribution in [-0.2, 0) is 26.0 Å². The summed E-state index contributed by atoms with van der Waals surface area (Å²) in [6.45, 7) is 5.04. The highest BCUT2D eigenvalue weighted by Gasteiger charge is 2.56. The summed E-state index contributed by atoms with van der Waals surface area (Å²) in [5.74, 6) is -0.683. The third-order valence-corrected chi connectivity index (χ3v) is 10.3. The van der Waals surface area contributed by atoms with Gasteiger partial charge in [-0.25, -0.2) is 13.2 Å². The second-order valence-corrected chi connectivity index (χ2v) is 15.3. The number of urea groups is 1. The highest BCUT2D eigenvalue weighted by atomic mass is 79.9. The van der Waals surface area contributed by atoms with Gasteiger partial charge in [-0.05, 0) is 69.5 Å². The molecule has 1 saturated carbocycles. The highest BCUT2D eigenvalue weighted by molar-refractivity contribution is 9.10. The summed E-state index contributed by atoms with van der Waals surface area (Å²) < 4.78 is 36.3. The van der Waals surface area contributed by atoms with E-state index < -0.39 is 45.7 Å². The van der Waals surface area contributed by atoms with Gasteiger partial charge in [0.05, 0.1) is 13.7 Å². The molecule has 11 nitrogen and oxygen atoms in total. The van der Waals surface area contributed by atoms with Crippen LogP contribution >= 0.6 is 27.5 Å². The van der Waals surface area contributed by atoms with Crippen LogP contribution in [0.2, 0.25) is 5.02 Å². The van der Waals surface area contributed by atoms with Crippen LogP contribution in [0.5, 0.6) is 5.75 Å². The van der Waals surface area contributed by atoms with Crippen LogP contribution in [0.4, 0.5) is 4.79 Å². The molecule has 3 fully saturated rings. The lowest BCUT2D eigenvalue weighted by atomic mass is 9.97. The van der Waals surface area contributed by atoms with Crippen molar-refractivity contribution in [2.45, 2.75) is 74.8 Å². The highest BCUT2D eigenvalue weighted by Crippen LogP contribution is 2.38. The quantitative estimate of drug-likeness (QED) is 0.457. The fourth-order valence-corrected chi connectivity index (χ4v) is 7.85. The van der Waals surface area contributed by atoms with Crippen LogP contribution in [-0.4, -0.2) is 90.4 Å². The molecule has 2 aliphatic heterocycles. The second kappa shape index (κ2) is 11.9. The van der Waals surface area contributed by atoms with Gasteiger partial charge in [-0.3, -0.25) is 9.59 Å². The molecule has 3 atom stereocenters. The molecule has 0 bridgehead atoms. The predicted octanol–water partition coefficient (Wildman–Crippen LogP) is 3.35. The van der Waals surface area contributed by atoms with Gasteiger partial charge in [-0.1, -0.05) is 39.7 Å². The lowest BCUT2D eigenvalue weighted by Crippen LogP contribution is -2.76.